The second-order valence-corrected chi connectivity index (χ2v) is 9.36. The zero-order chi connectivity index (χ0) is 21.5. The number of urea groups is 1. The summed E-state index contributed by atoms with van der Waals surface area (Å²) in [4.78, 5) is 40.1. The fraction of sp³-hybridized carbons (Fsp3) is 0.348. The van der Waals surface area contributed by atoms with Gasteiger partial charge in [0.2, 0.25) is 5.91 Å². The summed E-state index contributed by atoms with van der Waals surface area (Å²) in [6.07, 6.45) is 3.56. The molecule has 0 spiro atoms. The second kappa shape index (κ2) is 7.94. The first kappa shape index (κ1) is 20.0. The van der Waals surface area contributed by atoms with Gasteiger partial charge >= 0.3 is 6.03 Å². The summed E-state index contributed by atoms with van der Waals surface area (Å²) in [5.74, 6) is -0.497. The third-order valence-electron chi connectivity index (χ3n) is 6.08. The molecule has 3 aliphatic rings. The van der Waals surface area contributed by atoms with Crippen LogP contribution in [0.5, 0.6) is 0 Å². The maximum Gasteiger partial charge on any atom is 0.342 e. The number of aryl methyl sites for hydroxylation is 1. The smallest absolute Gasteiger partial charge is 0.295 e. The number of thiophene rings is 1. The lowest BCUT2D eigenvalue weighted by Gasteiger charge is -2.33. The summed E-state index contributed by atoms with van der Waals surface area (Å²) in [7, 11) is 0. The molecule has 1 aromatic carbocycles. The number of benzene rings is 1. The van der Waals surface area contributed by atoms with Gasteiger partial charge in [0.25, 0.3) is 5.91 Å². The van der Waals surface area contributed by atoms with Crippen LogP contribution >= 0.6 is 11.3 Å². The number of carbonyl (C=O) groups is 3. The molecular formula is C23H24N4O3S. The molecule has 0 aliphatic carbocycles. The lowest BCUT2D eigenvalue weighted by molar-refractivity contribution is -0.123. The van der Waals surface area contributed by atoms with Crippen molar-refractivity contribution in [2.24, 2.45) is 0 Å². The number of amides is 4. The topological polar surface area (TPSA) is 73.0 Å². The minimum absolute atomic E-state index is 0.192. The molecule has 5 rings (SSSR count). The van der Waals surface area contributed by atoms with E-state index in [1.54, 1.807) is 11.3 Å². The number of hydrogen-bond donors (Lipinski definition) is 1. The van der Waals surface area contributed by atoms with Crippen LogP contribution in [-0.4, -0.2) is 52.4 Å². The van der Waals surface area contributed by atoms with E-state index in [2.05, 4.69) is 40.7 Å². The van der Waals surface area contributed by atoms with Crippen molar-refractivity contribution in [2.45, 2.75) is 32.9 Å². The number of rotatable bonds is 4. The molecule has 31 heavy (non-hydrogen) atoms. The van der Waals surface area contributed by atoms with Crippen LogP contribution in [0, 0.1) is 6.92 Å². The molecule has 0 unspecified atom stereocenters. The minimum atomic E-state index is -0.533. The molecule has 1 N–H and O–H groups in total. The Labute approximate surface area is 184 Å². The van der Waals surface area contributed by atoms with E-state index in [0.717, 1.165) is 37.2 Å². The lowest BCUT2D eigenvalue weighted by Crippen LogP contribution is -2.56. The number of hydrazine groups is 1. The van der Waals surface area contributed by atoms with E-state index in [4.69, 9.17) is 0 Å². The summed E-state index contributed by atoms with van der Waals surface area (Å²) < 4.78 is 0. The molecule has 160 valence electrons. The van der Waals surface area contributed by atoms with Crippen molar-refractivity contribution in [1.29, 1.82) is 0 Å². The van der Waals surface area contributed by atoms with Crippen LogP contribution in [0.1, 0.15) is 44.8 Å². The Hall–Kier alpha value is -2.97. The summed E-state index contributed by atoms with van der Waals surface area (Å²) in [6, 6.07) is 7.66. The van der Waals surface area contributed by atoms with Gasteiger partial charge in [-0.2, -0.15) is 0 Å². The average molecular weight is 437 g/mol. The molecule has 1 fully saturated rings. The fourth-order valence-electron chi connectivity index (χ4n) is 4.42. The summed E-state index contributed by atoms with van der Waals surface area (Å²) in [6.45, 7) is 5.46. The zero-order valence-electron chi connectivity index (χ0n) is 17.4. The molecule has 2 aromatic rings. The molecule has 0 saturated carbocycles. The first-order valence-electron chi connectivity index (χ1n) is 10.5. The predicted octanol–water partition coefficient (Wildman–Crippen LogP) is 3.16. The zero-order valence-corrected chi connectivity index (χ0v) is 18.2. The van der Waals surface area contributed by atoms with E-state index in [0.29, 0.717) is 12.1 Å². The van der Waals surface area contributed by atoms with Gasteiger partial charge in [0.1, 0.15) is 0 Å². The van der Waals surface area contributed by atoms with Crippen LogP contribution in [0.25, 0.3) is 5.57 Å². The monoisotopic (exact) mass is 436 g/mol. The van der Waals surface area contributed by atoms with Crippen molar-refractivity contribution in [2.75, 3.05) is 19.6 Å². The Kier molecular flexibility index (Phi) is 5.11. The van der Waals surface area contributed by atoms with Crippen LogP contribution in [0.2, 0.25) is 0 Å². The van der Waals surface area contributed by atoms with Gasteiger partial charge in [-0.05, 0) is 53.1 Å². The van der Waals surface area contributed by atoms with Crippen molar-refractivity contribution in [3.63, 3.8) is 0 Å². The number of imide groups is 1. The molecule has 4 heterocycles. The number of fused-ring (bicyclic) bond motifs is 1. The molecular weight excluding hydrogens is 412 g/mol. The standard InChI is InChI=1S/C23H24N4O3S/c1-15-10-19(14-31-15)17-4-7-25(8-5-17)12-16-2-3-20-18(11-16)13-27(22(20)29)26-9-6-21(28)24-23(26)30/h2-4,10-11,14H,5-9,12-13H2,1H3,(H,24,28,30). The minimum Gasteiger partial charge on any atom is -0.295 e. The summed E-state index contributed by atoms with van der Waals surface area (Å²) in [5, 5.41) is 7.29. The highest BCUT2D eigenvalue weighted by Crippen LogP contribution is 2.29. The molecule has 0 atom stereocenters. The maximum absolute atomic E-state index is 12.8. The van der Waals surface area contributed by atoms with E-state index in [1.165, 1.54) is 26.0 Å². The number of hydrogen-bond acceptors (Lipinski definition) is 5. The number of carbonyl (C=O) groups excluding carboxylic acids is 3. The Morgan fingerprint density at radius 3 is 2.65 bits per heavy atom. The largest absolute Gasteiger partial charge is 0.342 e. The van der Waals surface area contributed by atoms with Crippen molar-refractivity contribution < 1.29 is 14.4 Å². The van der Waals surface area contributed by atoms with Crippen LogP contribution in [-0.2, 0) is 17.9 Å². The Morgan fingerprint density at radius 1 is 1.06 bits per heavy atom. The number of nitrogens with zero attached hydrogens (tertiary/aromatic N) is 3. The number of nitrogens with one attached hydrogen (secondary N) is 1. The van der Waals surface area contributed by atoms with Gasteiger partial charge in [-0.15, -0.1) is 11.3 Å². The molecule has 4 amide bonds. The van der Waals surface area contributed by atoms with Crippen molar-refractivity contribution in [3.05, 3.63) is 62.9 Å². The van der Waals surface area contributed by atoms with Gasteiger partial charge in [0.05, 0.1) is 13.1 Å². The highest BCUT2D eigenvalue weighted by atomic mass is 32.1. The molecule has 7 nitrogen and oxygen atoms in total. The van der Waals surface area contributed by atoms with Crippen molar-refractivity contribution in [3.8, 4) is 0 Å². The Bertz CT molecular complexity index is 1110. The highest BCUT2D eigenvalue weighted by Gasteiger charge is 2.36. The van der Waals surface area contributed by atoms with E-state index < -0.39 is 6.03 Å². The third kappa shape index (κ3) is 3.88. The van der Waals surface area contributed by atoms with Gasteiger partial charge in [-0.1, -0.05) is 18.2 Å². The predicted molar refractivity (Wildman–Crippen MR) is 118 cm³/mol. The molecule has 8 heteroatoms. The normalized spacial score (nSPS) is 19.5. The maximum atomic E-state index is 12.8. The molecule has 3 aliphatic heterocycles. The van der Waals surface area contributed by atoms with Crippen LogP contribution in [0.4, 0.5) is 4.79 Å². The fourth-order valence-corrected chi connectivity index (χ4v) is 5.15. The Morgan fingerprint density at radius 2 is 1.94 bits per heavy atom. The van der Waals surface area contributed by atoms with Gasteiger partial charge in [0, 0.05) is 36.5 Å². The van der Waals surface area contributed by atoms with Crippen LogP contribution in [0.3, 0.4) is 0 Å². The average Bonchev–Trinajstić information content (AvgIpc) is 3.32. The quantitative estimate of drug-likeness (QED) is 0.799. The third-order valence-corrected chi connectivity index (χ3v) is 6.94. The van der Waals surface area contributed by atoms with E-state index in [-0.39, 0.29) is 24.8 Å². The first-order chi connectivity index (χ1) is 15.0. The van der Waals surface area contributed by atoms with Gasteiger partial charge in [0.15, 0.2) is 0 Å². The van der Waals surface area contributed by atoms with Gasteiger partial charge < -0.3 is 0 Å². The Balaban J connectivity index is 1.25. The lowest BCUT2D eigenvalue weighted by atomic mass is 10.0. The van der Waals surface area contributed by atoms with E-state index >= 15 is 0 Å². The van der Waals surface area contributed by atoms with Crippen molar-refractivity contribution >= 4 is 34.8 Å². The molecule has 0 bridgehead atoms. The van der Waals surface area contributed by atoms with Crippen molar-refractivity contribution in [1.82, 2.24) is 20.2 Å². The molecule has 1 saturated heterocycles. The molecule has 1 aromatic heterocycles. The van der Waals surface area contributed by atoms with Crippen LogP contribution < -0.4 is 5.32 Å². The van der Waals surface area contributed by atoms with Gasteiger partial charge in [-0.25, -0.2) is 14.8 Å². The van der Waals surface area contributed by atoms with Crippen LogP contribution in [0.15, 0.2) is 35.7 Å². The van der Waals surface area contributed by atoms with E-state index in [1.807, 2.05) is 12.1 Å². The van der Waals surface area contributed by atoms with E-state index in [9.17, 15) is 14.4 Å². The molecule has 0 radical (unpaired) electrons. The summed E-state index contributed by atoms with van der Waals surface area (Å²) in [5.41, 5.74) is 5.49. The van der Waals surface area contributed by atoms with Gasteiger partial charge in [-0.3, -0.25) is 19.8 Å². The first-order valence-corrected chi connectivity index (χ1v) is 11.4. The highest BCUT2D eigenvalue weighted by molar-refractivity contribution is 7.10. The SMILES string of the molecule is Cc1cc(C2=CCN(Cc3ccc4c(c3)CN(N3CCC(=O)NC3=O)C4=O)CC2)cs1. The summed E-state index contributed by atoms with van der Waals surface area (Å²) >= 11 is 1.79. The second-order valence-electron chi connectivity index (χ2n) is 8.24.